The summed E-state index contributed by atoms with van der Waals surface area (Å²) in [5, 5.41) is 0.0861. The summed E-state index contributed by atoms with van der Waals surface area (Å²) in [5.74, 6) is -0.416. The van der Waals surface area contributed by atoms with Gasteiger partial charge in [0.15, 0.2) is 8.32 Å². The van der Waals surface area contributed by atoms with Crippen LogP contribution < -0.4 is 0 Å². The van der Waals surface area contributed by atoms with E-state index in [9.17, 15) is 4.79 Å². The van der Waals surface area contributed by atoms with E-state index in [2.05, 4.69) is 47.0 Å². The molecule has 0 aromatic heterocycles. The van der Waals surface area contributed by atoms with Crippen molar-refractivity contribution >= 4 is 14.3 Å². The molecule has 1 atom stereocenters. The highest BCUT2D eigenvalue weighted by molar-refractivity contribution is 6.74. The molecule has 0 bridgehead atoms. The van der Waals surface area contributed by atoms with Crippen molar-refractivity contribution in [3.63, 3.8) is 0 Å². The predicted molar refractivity (Wildman–Crippen MR) is 78.0 cm³/mol. The summed E-state index contributed by atoms with van der Waals surface area (Å²) in [6, 6.07) is 0. The van der Waals surface area contributed by atoms with E-state index in [0.717, 1.165) is 0 Å². The van der Waals surface area contributed by atoms with Gasteiger partial charge in [0.05, 0.1) is 18.8 Å². The highest BCUT2D eigenvalue weighted by atomic mass is 28.4. The van der Waals surface area contributed by atoms with Gasteiger partial charge in [-0.15, -0.1) is 6.58 Å². The third-order valence-electron chi connectivity index (χ3n) is 3.46. The maximum atomic E-state index is 11.5. The Morgan fingerprint density at radius 1 is 1.39 bits per heavy atom. The number of ether oxygens (including phenoxy) is 1. The minimum Gasteiger partial charge on any atom is -0.466 e. The van der Waals surface area contributed by atoms with Crippen LogP contribution in [0.15, 0.2) is 24.8 Å². The van der Waals surface area contributed by atoms with Gasteiger partial charge in [0.2, 0.25) is 0 Å². The lowest BCUT2D eigenvalue weighted by Crippen LogP contribution is -2.44. The number of rotatable bonds is 6. The molecule has 0 radical (unpaired) electrons. The van der Waals surface area contributed by atoms with Crippen molar-refractivity contribution in [1.82, 2.24) is 0 Å². The molecule has 0 saturated heterocycles. The summed E-state index contributed by atoms with van der Waals surface area (Å²) < 4.78 is 10.9. The predicted octanol–water partition coefficient (Wildman–Crippen LogP) is 3.68. The van der Waals surface area contributed by atoms with E-state index in [1.807, 2.05) is 0 Å². The van der Waals surface area contributed by atoms with Crippen LogP contribution in [-0.4, -0.2) is 27.5 Å². The molecule has 4 heteroatoms. The van der Waals surface area contributed by atoms with E-state index in [1.54, 1.807) is 6.08 Å². The number of hydrogen-bond donors (Lipinski definition) is 0. The van der Waals surface area contributed by atoms with Gasteiger partial charge in [0.25, 0.3) is 0 Å². The molecular formula is C14H26O3Si. The Hall–Kier alpha value is -0.873. The smallest absolute Gasteiger partial charge is 0.335 e. The molecule has 0 saturated carbocycles. The van der Waals surface area contributed by atoms with Crippen molar-refractivity contribution in [3.8, 4) is 0 Å². The lowest BCUT2D eigenvalue weighted by molar-refractivity contribution is -0.137. The van der Waals surface area contributed by atoms with Crippen LogP contribution in [-0.2, 0) is 14.0 Å². The van der Waals surface area contributed by atoms with Gasteiger partial charge in [-0.3, -0.25) is 0 Å². The Morgan fingerprint density at radius 2 is 1.89 bits per heavy atom. The summed E-state index contributed by atoms with van der Waals surface area (Å²) in [6.07, 6.45) is 1.97. The molecule has 0 fully saturated rings. The average molecular weight is 270 g/mol. The molecule has 0 aromatic rings. The highest BCUT2D eigenvalue weighted by Gasteiger charge is 2.40. The van der Waals surface area contributed by atoms with E-state index in [0.29, 0.717) is 12.0 Å². The van der Waals surface area contributed by atoms with Gasteiger partial charge < -0.3 is 9.16 Å². The molecule has 0 aromatic carbocycles. The first-order chi connectivity index (χ1) is 8.06. The molecule has 0 N–H and O–H groups in total. The van der Waals surface area contributed by atoms with Crippen LogP contribution in [0.1, 0.15) is 27.2 Å². The van der Waals surface area contributed by atoms with Crippen LogP contribution >= 0.6 is 0 Å². The van der Waals surface area contributed by atoms with E-state index in [4.69, 9.17) is 9.16 Å². The monoisotopic (exact) mass is 270 g/mol. The lowest BCUT2D eigenvalue weighted by atomic mass is 10.1. The van der Waals surface area contributed by atoms with E-state index in [1.165, 1.54) is 7.11 Å². The first-order valence-electron chi connectivity index (χ1n) is 6.12. The Kier molecular flexibility index (Phi) is 6.03. The Balaban J connectivity index is 5.00. The van der Waals surface area contributed by atoms with Crippen molar-refractivity contribution in [3.05, 3.63) is 24.8 Å². The molecule has 0 aliphatic heterocycles. The molecule has 0 rings (SSSR count). The van der Waals surface area contributed by atoms with Crippen LogP contribution in [0.4, 0.5) is 0 Å². The molecule has 0 amide bonds. The SMILES string of the molecule is C=CCC(O[Si](C)(C)C(C)(C)C)C(=C)C(=O)OC. The van der Waals surface area contributed by atoms with Gasteiger partial charge >= 0.3 is 5.97 Å². The molecule has 1 unspecified atom stereocenters. The maximum absolute atomic E-state index is 11.5. The van der Waals surface area contributed by atoms with Crippen molar-refractivity contribution in [2.45, 2.75) is 51.4 Å². The number of methoxy groups -OCH3 is 1. The van der Waals surface area contributed by atoms with Crippen molar-refractivity contribution < 1.29 is 14.0 Å². The standard InChI is InChI=1S/C14H26O3Si/c1-9-10-12(11(2)13(15)16-6)17-18(7,8)14(3,4)5/h9,12H,1-2,10H2,3-8H3. The number of esters is 1. The molecule has 18 heavy (non-hydrogen) atoms. The maximum Gasteiger partial charge on any atom is 0.335 e. The van der Waals surface area contributed by atoms with E-state index < -0.39 is 14.3 Å². The fourth-order valence-electron chi connectivity index (χ4n) is 1.21. The van der Waals surface area contributed by atoms with Gasteiger partial charge in [0.1, 0.15) is 0 Å². The topological polar surface area (TPSA) is 35.5 Å². The zero-order valence-electron chi connectivity index (χ0n) is 12.5. The largest absolute Gasteiger partial charge is 0.466 e. The summed E-state index contributed by atoms with van der Waals surface area (Å²) in [5.41, 5.74) is 0.363. The van der Waals surface area contributed by atoms with Crippen LogP contribution in [0.5, 0.6) is 0 Å². The van der Waals surface area contributed by atoms with Crippen molar-refractivity contribution in [1.29, 1.82) is 0 Å². The van der Waals surface area contributed by atoms with Crippen LogP contribution in [0.25, 0.3) is 0 Å². The third kappa shape index (κ3) is 4.42. The molecule has 3 nitrogen and oxygen atoms in total. The third-order valence-corrected chi connectivity index (χ3v) is 7.95. The Bertz CT molecular complexity index is 326. The zero-order chi connectivity index (χ0) is 14.6. The number of hydrogen-bond acceptors (Lipinski definition) is 3. The zero-order valence-corrected chi connectivity index (χ0v) is 13.5. The minimum atomic E-state index is -1.94. The van der Waals surface area contributed by atoms with Gasteiger partial charge in [-0.1, -0.05) is 33.4 Å². The molecule has 0 aliphatic rings. The minimum absolute atomic E-state index is 0.0861. The van der Waals surface area contributed by atoms with Crippen molar-refractivity contribution in [2.24, 2.45) is 0 Å². The quantitative estimate of drug-likeness (QED) is 0.320. The average Bonchev–Trinajstić information content (AvgIpc) is 2.24. The fraction of sp³-hybridized carbons (Fsp3) is 0.643. The molecule has 0 spiro atoms. The second-order valence-corrected chi connectivity index (χ2v) is 10.7. The molecular weight excluding hydrogens is 244 g/mol. The van der Waals surface area contributed by atoms with Crippen LogP contribution in [0, 0.1) is 0 Å². The molecule has 104 valence electrons. The summed E-state index contributed by atoms with van der Waals surface area (Å²) in [4.78, 5) is 11.5. The van der Waals surface area contributed by atoms with Crippen LogP contribution in [0.3, 0.4) is 0 Å². The van der Waals surface area contributed by atoms with Crippen molar-refractivity contribution in [2.75, 3.05) is 7.11 Å². The summed E-state index contributed by atoms with van der Waals surface area (Å²) >= 11 is 0. The van der Waals surface area contributed by atoms with Gasteiger partial charge in [0, 0.05) is 0 Å². The summed E-state index contributed by atoms with van der Waals surface area (Å²) in [6.45, 7) is 18.3. The Morgan fingerprint density at radius 3 is 2.22 bits per heavy atom. The normalized spacial score (nSPS) is 13.9. The van der Waals surface area contributed by atoms with Gasteiger partial charge in [-0.2, -0.15) is 0 Å². The highest BCUT2D eigenvalue weighted by Crippen LogP contribution is 2.38. The fourth-order valence-corrected chi connectivity index (χ4v) is 2.51. The van der Waals surface area contributed by atoms with E-state index in [-0.39, 0.29) is 11.1 Å². The first kappa shape index (κ1) is 17.1. The second-order valence-electron chi connectivity index (χ2n) is 5.91. The molecule has 0 aliphatic carbocycles. The second kappa shape index (κ2) is 6.34. The first-order valence-corrected chi connectivity index (χ1v) is 9.03. The Labute approximate surface area is 112 Å². The van der Waals surface area contributed by atoms with Gasteiger partial charge in [-0.05, 0) is 24.6 Å². The molecule has 0 heterocycles. The van der Waals surface area contributed by atoms with E-state index >= 15 is 0 Å². The number of carbonyl (C=O) groups excluding carboxylic acids is 1. The number of carbonyl (C=O) groups is 1. The summed E-state index contributed by atoms with van der Waals surface area (Å²) in [7, 11) is -0.591. The van der Waals surface area contributed by atoms with Gasteiger partial charge in [-0.25, -0.2) is 4.79 Å². The lowest BCUT2D eigenvalue weighted by Gasteiger charge is -2.39. The van der Waals surface area contributed by atoms with Crippen LogP contribution in [0.2, 0.25) is 18.1 Å².